The molecule has 78 valence electrons. The van der Waals surface area contributed by atoms with Crippen molar-refractivity contribution in [2.45, 2.75) is 18.9 Å². The van der Waals surface area contributed by atoms with E-state index in [-0.39, 0.29) is 0 Å². The number of hydrogen-bond acceptors (Lipinski definition) is 3. The molecular formula is C12H14N2O. The van der Waals surface area contributed by atoms with Crippen LogP contribution in [0, 0.1) is 18.3 Å². The fourth-order valence-electron chi connectivity index (χ4n) is 1.69. The molecule has 1 atom stereocenters. The van der Waals surface area contributed by atoms with E-state index in [4.69, 9.17) is 10.00 Å². The van der Waals surface area contributed by atoms with Crippen LogP contribution in [0.1, 0.15) is 12.0 Å². The standard InChI is InChI=1S/C12H14N2O/c1-10-2-4-11(5-3-10)14-12(8-13)6-7-15-9-12/h2-5,14H,6-7,9H2,1H3. The van der Waals surface area contributed by atoms with Gasteiger partial charge in [0.2, 0.25) is 0 Å². The smallest absolute Gasteiger partial charge is 0.151 e. The van der Waals surface area contributed by atoms with Crippen LogP contribution in [-0.4, -0.2) is 18.8 Å². The molecule has 1 heterocycles. The van der Waals surface area contributed by atoms with Crippen LogP contribution in [0.15, 0.2) is 24.3 Å². The summed E-state index contributed by atoms with van der Waals surface area (Å²) in [7, 11) is 0. The van der Waals surface area contributed by atoms with E-state index >= 15 is 0 Å². The number of rotatable bonds is 2. The zero-order valence-corrected chi connectivity index (χ0v) is 8.79. The first-order valence-corrected chi connectivity index (χ1v) is 5.08. The van der Waals surface area contributed by atoms with Crippen LogP contribution in [0.25, 0.3) is 0 Å². The molecule has 0 aromatic heterocycles. The molecule has 1 unspecified atom stereocenters. The lowest BCUT2D eigenvalue weighted by Crippen LogP contribution is -2.36. The Morgan fingerprint density at radius 1 is 1.40 bits per heavy atom. The second kappa shape index (κ2) is 3.92. The SMILES string of the molecule is Cc1ccc(NC2(C#N)CCOC2)cc1. The molecule has 2 rings (SSSR count). The summed E-state index contributed by atoms with van der Waals surface area (Å²) in [6.07, 6.45) is 0.747. The zero-order chi connectivity index (χ0) is 10.7. The first kappa shape index (κ1) is 10.0. The fourth-order valence-corrected chi connectivity index (χ4v) is 1.69. The monoisotopic (exact) mass is 202 g/mol. The quantitative estimate of drug-likeness (QED) is 0.798. The number of nitrogens with zero attached hydrogens (tertiary/aromatic N) is 1. The van der Waals surface area contributed by atoms with E-state index in [9.17, 15) is 0 Å². The Balaban J connectivity index is 2.14. The van der Waals surface area contributed by atoms with E-state index in [0.717, 1.165) is 12.1 Å². The van der Waals surface area contributed by atoms with Gasteiger partial charge in [-0.25, -0.2) is 0 Å². The highest BCUT2D eigenvalue weighted by Gasteiger charge is 2.34. The van der Waals surface area contributed by atoms with Crippen molar-refractivity contribution in [1.82, 2.24) is 0 Å². The molecule has 1 N–H and O–H groups in total. The van der Waals surface area contributed by atoms with Gasteiger partial charge in [-0.3, -0.25) is 0 Å². The molecule has 0 amide bonds. The van der Waals surface area contributed by atoms with E-state index in [1.807, 2.05) is 31.2 Å². The normalized spacial score (nSPS) is 24.8. The Morgan fingerprint density at radius 2 is 2.13 bits per heavy atom. The molecule has 0 spiro atoms. The third kappa shape index (κ3) is 2.11. The van der Waals surface area contributed by atoms with Crippen LogP contribution in [-0.2, 0) is 4.74 Å². The Hall–Kier alpha value is -1.53. The van der Waals surface area contributed by atoms with Gasteiger partial charge in [0.1, 0.15) is 0 Å². The predicted molar refractivity (Wildman–Crippen MR) is 58.6 cm³/mol. The summed E-state index contributed by atoms with van der Waals surface area (Å²) < 4.78 is 5.26. The van der Waals surface area contributed by atoms with Gasteiger partial charge in [0.15, 0.2) is 5.54 Å². The highest BCUT2D eigenvalue weighted by molar-refractivity contribution is 5.49. The van der Waals surface area contributed by atoms with E-state index in [2.05, 4.69) is 11.4 Å². The first-order valence-electron chi connectivity index (χ1n) is 5.08. The third-order valence-corrected chi connectivity index (χ3v) is 2.67. The maximum Gasteiger partial charge on any atom is 0.151 e. The third-order valence-electron chi connectivity index (χ3n) is 2.67. The molecular weight excluding hydrogens is 188 g/mol. The summed E-state index contributed by atoms with van der Waals surface area (Å²) in [6, 6.07) is 10.4. The van der Waals surface area contributed by atoms with Gasteiger partial charge >= 0.3 is 0 Å². The molecule has 0 aliphatic carbocycles. The van der Waals surface area contributed by atoms with Crippen LogP contribution in [0.3, 0.4) is 0 Å². The molecule has 1 saturated heterocycles. The molecule has 0 radical (unpaired) electrons. The lowest BCUT2D eigenvalue weighted by Gasteiger charge is -2.21. The van der Waals surface area contributed by atoms with Gasteiger partial charge in [-0.1, -0.05) is 17.7 Å². The number of ether oxygens (including phenoxy) is 1. The van der Waals surface area contributed by atoms with Crippen LogP contribution < -0.4 is 5.32 Å². The van der Waals surface area contributed by atoms with Crippen LogP contribution in [0.5, 0.6) is 0 Å². The molecule has 0 bridgehead atoms. The average Bonchev–Trinajstić information content (AvgIpc) is 2.71. The highest BCUT2D eigenvalue weighted by atomic mass is 16.5. The number of nitriles is 1. The van der Waals surface area contributed by atoms with Gasteiger partial charge < -0.3 is 10.1 Å². The van der Waals surface area contributed by atoms with E-state index in [1.165, 1.54) is 5.56 Å². The Morgan fingerprint density at radius 3 is 2.67 bits per heavy atom. The molecule has 1 aliphatic rings. The van der Waals surface area contributed by atoms with Crippen LogP contribution >= 0.6 is 0 Å². The van der Waals surface area contributed by atoms with Crippen molar-refractivity contribution in [1.29, 1.82) is 5.26 Å². The maximum atomic E-state index is 9.14. The Kier molecular flexibility index (Phi) is 2.61. The second-order valence-electron chi connectivity index (χ2n) is 3.99. The van der Waals surface area contributed by atoms with Crippen molar-refractivity contribution in [3.8, 4) is 6.07 Å². The Bertz CT molecular complexity index is 372. The molecule has 1 aliphatic heterocycles. The molecule has 3 heteroatoms. The molecule has 1 fully saturated rings. The summed E-state index contributed by atoms with van der Waals surface area (Å²) >= 11 is 0. The zero-order valence-electron chi connectivity index (χ0n) is 8.79. The van der Waals surface area contributed by atoms with Gasteiger partial charge in [0, 0.05) is 12.1 Å². The van der Waals surface area contributed by atoms with Gasteiger partial charge in [-0.2, -0.15) is 5.26 Å². The second-order valence-corrected chi connectivity index (χ2v) is 3.99. The minimum Gasteiger partial charge on any atom is -0.378 e. The lowest BCUT2D eigenvalue weighted by molar-refractivity contribution is 0.189. The molecule has 1 aromatic rings. The van der Waals surface area contributed by atoms with E-state index < -0.39 is 5.54 Å². The van der Waals surface area contributed by atoms with Gasteiger partial charge in [-0.15, -0.1) is 0 Å². The number of benzene rings is 1. The van der Waals surface area contributed by atoms with Crippen molar-refractivity contribution in [2.75, 3.05) is 18.5 Å². The number of anilines is 1. The van der Waals surface area contributed by atoms with Crippen molar-refractivity contribution in [3.05, 3.63) is 29.8 Å². The topological polar surface area (TPSA) is 45.0 Å². The first-order chi connectivity index (χ1) is 7.24. The molecule has 15 heavy (non-hydrogen) atoms. The highest BCUT2D eigenvalue weighted by Crippen LogP contribution is 2.23. The largest absolute Gasteiger partial charge is 0.378 e. The average molecular weight is 202 g/mol. The summed E-state index contributed by atoms with van der Waals surface area (Å²) in [6.45, 7) is 3.17. The molecule has 1 aromatic carbocycles. The predicted octanol–water partition coefficient (Wildman–Crippen LogP) is 2.09. The minimum atomic E-state index is -0.532. The fraction of sp³-hybridized carbons (Fsp3) is 0.417. The maximum absolute atomic E-state index is 9.14. The summed E-state index contributed by atoms with van der Waals surface area (Å²) in [5.41, 5.74) is 1.66. The molecule has 3 nitrogen and oxygen atoms in total. The summed E-state index contributed by atoms with van der Waals surface area (Å²) in [5.74, 6) is 0. The van der Waals surface area contributed by atoms with E-state index in [1.54, 1.807) is 0 Å². The Labute approximate surface area is 89.7 Å². The number of nitrogens with one attached hydrogen (secondary N) is 1. The van der Waals surface area contributed by atoms with Crippen molar-refractivity contribution in [2.24, 2.45) is 0 Å². The van der Waals surface area contributed by atoms with Gasteiger partial charge in [0.25, 0.3) is 0 Å². The summed E-state index contributed by atoms with van der Waals surface area (Å²) in [5, 5.41) is 12.4. The minimum absolute atomic E-state index is 0.470. The van der Waals surface area contributed by atoms with Crippen molar-refractivity contribution < 1.29 is 4.74 Å². The number of hydrogen-bond donors (Lipinski definition) is 1. The van der Waals surface area contributed by atoms with Gasteiger partial charge in [0.05, 0.1) is 19.3 Å². The molecule has 0 saturated carbocycles. The van der Waals surface area contributed by atoms with Crippen LogP contribution in [0.4, 0.5) is 5.69 Å². The van der Waals surface area contributed by atoms with Crippen molar-refractivity contribution in [3.63, 3.8) is 0 Å². The van der Waals surface area contributed by atoms with Crippen molar-refractivity contribution >= 4 is 5.69 Å². The van der Waals surface area contributed by atoms with Gasteiger partial charge in [-0.05, 0) is 19.1 Å². The lowest BCUT2D eigenvalue weighted by atomic mass is 10.0. The number of aryl methyl sites for hydroxylation is 1. The van der Waals surface area contributed by atoms with Crippen LogP contribution in [0.2, 0.25) is 0 Å². The summed E-state index contributed by atoms with van der Waals surface area (Å²) in [4.78, 5) is 0. The van der Waals surface area contributed by atoms with E-state index in [0.29, 0.717) is 13.2 Å².